The van der Waals surface area contributed by atoms with Crippen molar-refractivity contribution in [2.45, 2.75) is 90.9 Å². The number of likely N-dealkylation sites (tertiary alicyclic amines) is 2. The average Bonchev–Trinajstić information content (AvgIpc) is 4.01. The highest BCUT2D eigenvalue weighted by Gasteiger charge is 2.39. The minimum absolute atomic E-state index is 0.0321. The lowest BCUT2D eigenvalue weighted by Crippen LogP contribution is -2.53. The quantitative estimate of drug-likeness (QED) is 0.119. The van der Waals surface area contributed by atoms with Gasteiger partial charge in [0.1, 0.15) is 29.5 Å². The van der Waals surface area contributed by atoms with Crippen LogP contribution in [-0.2, 0) is 23.9 Å². The lowest BCUT2D eigenvalue weighted by molar-refractivity contribution is -0.138. The number of alkyl carbamates (subject to hydrolysis) is 2. The fraction of sp³-hybridized carbons (Fsp3) is 0.477. The first-order valence-corrected chi connectivity index (χ1v) is 20.4. The van der Waals surface area contributed by atoms with E-state index >= 15 is 0 Å². The predicted octanol–water partition coefficient (Wildman–Crippen LogP) is 6.82. The number of H-pyrrole nitrogens is 2. The summed E-state index contributed by atoms with van der Waals surface area (Å²) in [4.78, 5) is 84.1. The Morgan fingerprint density at radius 3 is 1.51 bits per heavy atom. The van der Waals surface area contributed by atoms with Crippen molar-refractivity contribution in [1.82, 2.24) is 40.4 Å². The van der Waals surface area contributed by atoms with Crippen molar-refractivity contribution in [3.63, 3.8) is 0 Å². The molecule has 1 unspecified atom stereocenters. The van der Waals surface area contributed by atoms with Crippen molar-refractivity contribution in [2.75, 3.05) is 27.3 Å². The second-order valence-electron chi connectivity index (χ2n) is 16.2. The number of rotatable bonds is 12. The highest BCUT2D eigenvalue weighted by molar-refractivity contribution is 5.88. The molecule has 0 aliphatic carbocycles. The molecule has 4 amide bonds. The highest BCUT2D eigenvalue weighted by Crippen LogP contribution is 2.35. The molecule has 5 atom stereocenters. The number of hydrogen-bond donors (Lipinski definition) is 4. The average molecular weight is 809 g/mol. The van der Waals surface area contributed by atoms with Crippen LogP contribution in [0, 0.1) is 17.8 Å². The Morgan fingerprint density at radius 2 is 1.07 bits per heavy atom. The zero-order chi connectivity index (χ0) is 42.4. The Hall–Kier alpha value is -5.99. The number of ketones is 1. The number of aromatic amines is 2. The van der Waals surface area contributed by atoms with Crippen LogP contribution in [0.5, 0.6) is 0 Å². The fourth-order valence-electron chi connectivity index (χ4n) is 8.09. The summed E-state index contributed by atoms with van der Waals surface area (Å²) in [6, 6.07) is 14.2. The van der Waals surface area contributed by atoms with E-state index in [1.54, 1.807) is 29.1 Å². The number of nitrogens with one attached hydrogen (secondary N) is 4. The van der Waals surface area contributed by atoms with Gasteiger partial charge in [0.05, 0.1) is 50.1 Å². The number of carbonyl (C=O) groups excluding carboxylic acids is 5. The van der Waals surface area contributed by atoms with E-state index in [4.69, 9.17) is 14.5 Å². The first-order valence-electron chi connectivity index (χ1n) is 20.4. The van der Waals surface area contributed by atoms with Crippen molar-refractivity contribution in [2.24, 2.45) is 17.8 Å². The number of hydrogen-bond acceptors (Lipinski definition) is 9. The van der Waals surface area contributed by atoms with E-state index in [1.165, 1.54) is 14.2 Å². The Morgan fingerprint density at radius 1 is 0.644 bits per heavy atom. The number of nitrogens with zero attached hydrogens (tertiary/aromatic N) is 4. The number of carbonyl (C=O) groups is 5. The number of methoxy groups -OCH3 is 2. The molecule has 0 spiro atoms. The Bertz CT molecular complexity index is 2110. The number of amides is 4. The van der Waals surface area contributed by atoms with E-state index in [2.05, 4.69) is 49.9 Å². The second kappa shape index (κ2) is 18.7. The molecule has 0 radical (unpaired) electrons. The SMILES string of the molecule is COC(=O)N[C@H](C(=O)N1CCC[C@H]1c1ncc(-c2ccc(-c3ccc(-c4cnc([C@@H]5CCCC(C(C)=O)CN5C(=O)[C@@H](NC(=O)OC)C(C)C)[nH]4)cc3)cc2)[nH]1)C(C)C. The molecule has 4 N–H and O–H groups in total. The molecule has 314 valence electrons. The fourth-order valence-corrected chi connectivity index (χ4v) is 8.09. The van der Waals surface area contributed by atoms with E-state index in [0.717, 1.165) is 52.9 Å². The van der Waals surface area contributed by atoms with Gasteiger partial charge in [-0.1, -0.05) is 82.6 Å². The molecule has 59 heavy (non-hydrogen) atoms. The van der Waals surface area contributed by atoms with Gasteiger partial charge in [-0.3, -0.25) is 14.4 Å². The third-order valence-corrected chi connectivity index (χ3v) is 11.5. The summed E-state index contributed by atoms with van der Waals surface area (Å²) in [5.41, 5.74) is 5.58. The maximum atomic E-state index is 14.1. The molecule has 2 saturated heterocycles. The van der Waals surface area contributed by atoms with Crippen molar-refractivity contribution >= 4 is 29.8 Å². The van der Waals surface area contributed by atoms with E-state index in [1.807, 2.05) is 52.0 Å². The van der Waals surface area contributed by atoms with E-state index < -0.39 is 30.3 Å². The zero-order valence-corrected chi connectivity index (χ0v) is 34.9. The molecule has 4 heterocycles. The lowest BCUT2D eigenvalue weighted by Gasteiger charge is -2.34. The van der Waals surface area contributed by atoms with Gasteiger partial charge in [0.25, 0.3) is 0 Å². The van der Waals surface area contributed by atoms with Gasteiger partial charge in [0.2, 0.25) is 11.8 Å². The zero-order valence-electron chi connectivity index (χ0n) is 34.9. The topological polar surface area (TPSA) is 192 Å². The molecule has 0 saturated carbocycles. The predicted molar refractivity (Wildman–Crippen MR) is 222 cm³/mol. The second-order valence-corrected chi connectivity index (χ2v) is 16.2. The Balaban J connectivity index is 1.15. The number of Topliss-reactive ketones (excluding diaryl/α,β-unsaturated/α-hetero) is 1. The molecule has 2 aromatic heterocycles. The van der Waals surface area contributed by atoms with Crippen LogP contribution in [0.25, 0.3) is 33.6 Å². The standard InChI is InChI=1S/C44H56N8O7/c1-25(2)37(49-43(56)58-6)41(54)51-21-9-12-35(51)39-45-22-33(47-39)30-17-13-28(14-18-30)29-15-19-31(20-16-29)34-23-46-40(48-34)36-11-8-10-32(27(5)53)24-52(36)42(55)38(26(3)4)50-44(57)59-7/h13-20,22-23,25-26,32,35-38H,8-12,21,24H2,1-7H3,(H,45,47)(H,46,48)(H,49,56)(H,50,57)/t32?,35-,36-,37-,38-/m0/s1. The van der Waals surface area contributed by atoms with Crippen LogP contribution in [0.4, 0.5) is 9.59 Å². The van der Waals surface area contributed by atoms with E-state index in [0.29, 0.717) is 31.0 Å². The minimum atomic E-state index is -0.828. The number of ether oxygens (including phenoxy) is 2. The van der Waals surface area contributed by atoms with Gasteiger partial charge in [0.15, 0.2) is 0 Å². The summed E-state index contributed by atoms with van der Waals surface area (Å²) in [6.07, 6.45) is 5.88. The largest absolute Gasteiger partial charge is 0.453 e. The van der Waals surface area contributed by atoms with Crippen LogP contribution in [0.15, 0.2) is 60.9 Å². The molecule has 15 nitrogen and oxygen atoms in total. The van der Waals surface area contributed by atoms with Crippen LogP contribution in [0.1, 0.15) is 90.5 Å². The normalized spacial score (nSPS) is 19.2. The van der Waals surface area contributed by atoms with Gasteiger partial charge < -0.3 is 39.9 Å². The Labute approximate surface area is 345 Å². The van der Waals surface area contributed by atoms with Gasteiger partial charge in [0, 0.05) is 19.0 Å². The Kier molecular flexibility index (Phi) is 13.5. The maximum absolute atomic E-state index is 14.1. The van der Waals surface area contributed by atoms with Crippen LogP contribution in [0.2, 0.25) is 0 Å². The molecule has 0 bridgehead atoms. The summed E-state index contributed by atoms with van der Waals surface area (Å²) >= 11 is 0. The molecule has 6 rings (SSSR count). The molecular formula is C44H56N8O7. The summed E-state index contributed by atoms with van der Waals surface area (Å²) in [7, 11) is 2.55. The number of aromatic nitrogens is 4. The van der Waals surface area contributed by atoms with Crippen LogP contribution >= 0.6 is 0 Å². The van der Waals surface area contributed by atoms with Gasteiger partial charge in [-0.2, -0.15) is 0 Å². The van der Waals surface area contributed by atoms with E-state index in [-0.39, 0.29) is 47.9 Å². The van der Waals surface area contributed by atoms with Gasteiger partial charge >= 0.3 is 12.2 Å². The van der Waals surface area contributed by atoms with Crippen molar-refractivity contribution in [1.29, 1.82) is 0 Å². The third kappa shape index (κ3) is 9.67. The van der Waals surface area contributed by atoms with Gasteiger partial charge in [-0.05, 0) is 66.7 Å². The third-order valence-electron chi connectivity index (χ3n) is 11.5. The molecule has 4 aromatic rings. The monoisotopic (exact) mass is 808 g/mol. The minimum Gasteiger partial charge on any atom is -0.453 e. The van der Waals surface area contributed by atoms with Gasteiger partial charge in [-0.25, -0.2) is 19.6 Å². The molecule has 2 aliphatic rings. The first kappa shape index (κ1) is 42.6. The molecule has 2 aliphatic heterocycles. The van der Waals surface area contributed by atoms with E-state index in [9.17, 15) is 24.0 Å². The summed E-state index contributed by atoms with van der Waals surface area (Å²) in [5.74, 6) is 0.316. The lowest BCUT2D eigenvalue weighted by atomic mass is 9.98. The molecular weight excluding hydrogens is 753 g/mol. The van der Waals surface area contributed by atoms with Gasteiger partial charge in [-0.15, -0.1) is 0 Å². The summed E-state index contributed by atoms with van der Waals surface area (Å²) in [5, 5.41) is 5.38. The maximum Gasteiger partial charge on any atom is 0.407 e. The smallest absolute Gasteiger partial charge is 0.407 e. The number of benzene rings is 2. The summed E-state index contributed by atoms with van der Waals surface area (Å²) < 4.78 is 9.56. The van der Waals surface area contributed by atoms with Crippen LogP contribution in [0.3, 0.4) is 0 Å². The van der Waals surface area contributed by atoms with Crippen molar-refractivity contribution < 1.29 is 33.4 Å². The van der Waals surface area contributed by atoms with Crippen molar-refractivity contribution in [3.05, 3.63) is 72.6 Å². The molecule has 15 heteroatoms. The molecule has 2 fully saturated rings. The number of imidazole rings is 2. The van der Waals surface area contributed by atoms with Crippen molar-refractivity contribution in [3.8, 4) is 33.6 Å². The highest BCUT2D eigenvalue weighted by atomic mass is 16.5. The first-order chi connectivity index (χ1) is 28.3. The van der Waals surface area contributed by atoms with Crippen LogP contribution in [-0.4, -0.2) is 98.9 Å². The molecule has 2 aromatic carbocycles. The van der Waals surface area contributed by atoms with Crippen LogP contribution < -0.4 is 10.6 Å². The summed E-state index contributed by atoms with van der Waals surface area (Å²) in [6.45, 7) is 9.90.